The standard InChI is InChI=1S/C22H24N4O5/c27-19(24-10-12-25(13-11-24)21(29)18-7-4-14-31-18)15-17-20(28)26(22(30)23-17)9-8-16-5-2-1-3-6-16/h1-7,14,17H,8-13,15H2,(H,23,30)/t17-/m0/s1. The fourth-order valence-corrected chi connectivity index (χ4v) is 3.83. The zero-order chi connectivity index (χ0) is 21.8. The second-order valence-corrected chi connectivity index (χ2v) is 7.58. The number of amides is 5. The van der Waals surface area contributed by atoms with Crippen LogP contribution < -0.4 is 5.32 Å². The van der Waals surface area contributed by atoms with Crippen molar-refractivity contribution in [2.24, 2.45) is 0 Å². The summed E-state index contributed by atoms with van der Waals surface area (Å²) in [5.41, 5.74) is 1.03. The molecule has 2 aliphatic heterocycles. The molecule has 1 N–H and O–H groups in total. The lowest BCUT2D eigenvalue weighted by Gasteiger charge is -2.34. The largest absolute Gasteiger partial charge is 0.459 e. The lowest BCUT2D eigenvalue weighted by Crippen LogP contribution is -2.51. The Morgan fingerprint density at radius 3 is 2.35 bits per heavy atom. The van der Waals surface area contributed by atoms with Crippen LogP contribution in [0.1, 0.15) is 22.5 Å². The number of hydrogen-bond donors (Lipinski definition) is 1. The highest BCUT2D eigenvalue weighted by Crippen LogP contribution is 2.15. The Labute approximate surface area is 179 Å². The van der Waals surface area contributed by atoms with Crippen LogP contribution in [0.2, 0.25) is 0 Å². The van der Waals surface area contributed by atoms with Gasteiger partial charge in [0.1, 0.15) is 6.04 Å². The molecule has 9 nitrogen and oxygen atoms in total. The maximum absolute atomic E-state index is 12.7. The minimum absolute atomic E-state index is 0.0848. The monoisotopic (exact) mass is 424 g/mol. The summed E-state index contributed by atoms with van der Waals surface area (Å²) in [6, 6.07) is 11.6. The van der Waals surface area contributed by atoms with Gasteiger partial charge in [-0.3, -0.25) is 19.3 Å². The van der Waals surface area contributed by atoms with Gasteiger partial charge in [0.05, 0.1) is 12.7 Å². The van der Waals surface area contributed by atoms with Crippen LogP contribution in [-0.4, -0.2) is 77.2 Å². The third-order valence-electron chi connectivity index (χ3n) is 5.60. The summed E-state index contributed by atoms with van der Waals surface area (Å²) in [6.45, 7) is 1.79. The van der Waals surface area contributed by atoms with Crippen LogP contribution in [0.15, 0.2) is 53.1 Å². The van der Waals surface area contributed by atoms with E-state index in [2.05, 4.69) is 5.32 Å². The Bertz CT molecular complexity index is 952. The molecule has 2 aliphatic rings. The molecule has 0 radical (unpaired) electrons. The second-order valence-electron chi connectivity index (χ2n) is 7.58. The normalized spacial score (nSPS) is 19.0. The van der Waals surface area contributed by atoms with E-state index in [-0.39, 0.29) is 36.4 Å². The number of benzene rings is 1. The van der Waals surface area contributed by atoms with Gasteiger partial charge in [-0.05, 0) is 24.1 Å². The number of urea groups is 1. The first-order valence-corrected chi connectivity index (χ1v) is 10.3. The van der Waals surface area contributed by atoms with Crippen molar-refractivity contribution in [2.45, 2.75) is 18.9 Å². The maximum atomic E-state index is 12.7. The molecule has 1 aromatic carbocycles. The first kappa shape index (κ1) is 20.6. The van der Waals surface area contributed by atoms with Crippen molar-refractivity contribution in [1.29, 1.82) is 0 Å². The molecule has 162 valence electrons. The number of furan rings is 1. The van der Waals surface area contributed by atoms with E-state index >= 15 is 0 Å². The molecule has 1 aromatic heterocycles. The van der Waals surface area contributed by atoms with Crippen LogP contribution >= 0.6 is 0 Å². The van der Waals surface area contributed by atoms with Crippen LogP contribution in [-0.2, 0) is 16.0 Å². The van der Waals surface area contributed by atoms with Crippen LogP contribution in [0.3, 0.4) is 0 Å². The molecule has 9 heteroatoms. The number of nitrogens with one attached hydrogen (secondary N) is 1. The van der Waals surface area contributed by atoms with Gasteiger partial charge < -0.3 is 19.5 Å². The first-order chi connectivity index (χ1) is 15.0. The topological polar surface area (TPSA) is 103 Å². The Morgan fingerprint density at radius 1 is 0.968 bits per heavy atom. The SMILES string of the molecule is O=C(C[C@@H]1NC(=O)N(CCc2ccccc2)C1=O)N1CCN(C(=O)c2ccco2)CC1. The van der Waals surface area contributed by atoms with Gasteiger partial charge in [-0.2, -0.15) is 0 Å². The summed E-state index contributed by atoms with van der Waals surface area (Å²) in [5.74, 6) is -0.520. The lowest BCUT2D eigenvalue weighted by atomic mass is 10.1. The van der Waals surface area contributed by atoms with E-state index in [0.29, 0.717) is 32.6 Å². The molecule has 3 heterocycles. The van der Waals surface area contributed by atoms with Crippen LogP contribution in [0.5, 0.6) is 0 Å². The molecule has 0 unspecified atom stereocenters. The third-order valence-corrected chi connectivity index (χ3v) is 5.60. The predicted molar refractivity (Wildman–Crippen MR) is 110 cm³/mol. The summed E-state index contributed by atoms with van der Waals surface area (Å²) in [6.07, 6.45) is 1.92. The summed E-state index contributed by atoms with van der Waals surface area (Å²) in [5, 5.41) is 2.62. The van der Waals surface area contributed by atoms with Gasteiger partial charge >= 0.3 is 6.03 Å². The minimum atomic E-state index is -0.849. The summed E-state index contributed by atoms with van der Waals surface area (Å²) >= 11 is 0. The molecule has 0 spiro atoms. The molecule has 5 amide bonds. The Balaban J connectivity index is 1.26. The molecule has 1 atom stereocenters. The highest BCUT2D eigenvalue weighted by molar-refractivity contribution is 6.05. The lowest BCUT2D eigenvalue weighted by molar-refractivity contribution is -0.136. The molecule has 0 saturated carbocycles. The van der Waals surface area contributed by atoms with Crippen molar-refractivity contribution in [3.8, 4) is 0 Å². The highest BCUT2D eigenvalue weighted by Gasteiger charge is 2.39. The molecule has 4 rings (SSSR count). The second kappa shape index (κ2) is 9.03. The molecular formula is C22H24N4O5. The smallest absolute Gasteiger partial charge is 0.324 e. The quantitative estimate of drug-likeness (QED) is 0.700. The number of hydrogen-bond acceptors (Lipinski definition) is 5. The summed E-state index contributed by atoms with van der Waals surface area (Å²) < 4.78 is 5.14. The zero-order valence-electron chi connectivity index (χ0n) is 17.0. The number of carbonyl (C=O) groups is 4. The van der Waals surface area contributed by atoms with Crippen molar-refractivity contribution in [1.82, 2.24) is 20.0 Å². The van der Waals surface area contributed by atoms with E-state index in [4.69, 9.17) is 4.42 Å². The Kier molecular flexibility index (Phi) is 6.01. The Hall–Kier alpha value is -3.62. The van der Waals surface area contributed by atoms with E-state index < -0.39 is 12.1 Å². The fourth-order valence-electron chi connectivity index (χ4n) is 3.83. The van der Waals surface area contributed by atoms with Gasteiger partial charge in [0, 0.05) is 32.7 Å². The van der Waals surface area contributed by atoms with E-state index in [1.54, 1.807) is 21.9 Å². The predicted octanol–water partition coefficient (Wildman–Crippen LogP) is 1.12. The minimum Gasteiger partial charge on any atom is -0.459 e. The number of rotatable bonds is 6. The maximum Gasteiger partial charge on any atom is 0.324 e. The highest BCUT2D eigenvalue weighted by atomic mass is 16.3. The van der Waals surface area contributed by atoms with E-state index in [9.17, 15) is 19.2 Å². The van der Waals surface area contributed by atoms with Crippen molar-refractivity contribution >= 4 is 23.8 Å². The van der Waals surface area contributed by atoms with E-state index in [0.717, 1.165) is 5.56 Å². The average molecular weight is 424 g/mol. The van der Waals surface area contributed by atoms with E-state index in [1.165, 1.54) is 11.2 Å². The number of carbonyl (C=O) groups excluding carboxylic acids is 4. The van der Waals surface area contributed by atoms with E-state index in [1.807, 2.05) is 30.3 Å². The number of piperazine rings is 1. The van der Waals surface area contributed by atoms with Gasteiger partial charge in [-0.1, -0.05) is 30.3 Å². The van der Waals surface area contributed by atoms with Gasteiger partial charge in [0.2, 0.25) is 5.91 Å². The molecule has 2 fully saturated rings. The van der Waals surface area contributed by atoms with Crippen molar-refractivity contribution in [3.63, 3.8) is 0 Å². The fraction of sp³-hybridized carbons (Fsp3) is 0.364. The molecule has 31 heavy (non-hydrogen) atoms. The van der Waals surface area contributed by atoms with Crippen LogP contribution in [0.25, 0.3) is 0 Å². The van der Waals surface area contributed by atoms with Gasteiger partial charge in [0.25, 0.3) is 11.8 Å². The van der Waals surface area contributed by atoms with Crippen LogP contribution in [0.4, 0.5) is 4.79 Å². The first-order valence-electron chi connectivity index (χ1n) is 10.3. The van der Waals surface area contributed by atoms with Gasteiger partial charge in [-0.25, -0.2) is 4.79 Å². The third kappa shape index (κ3) is 4.60. The van der Waals surface area contributed by atoms with Crippen LogP contribution in [0, 0.1) is 0 Å². The van der Waals surface area contributed by atoms with Gasteiger partial charge in [0.15, 0.2) is 5.76 Å². The molecule has 0 aliphatic carbocycles. The zero-order valence-corrected chi connectivity index (χ0v) is 17.0. The Morgan fingerprint density at radius 2 is 1.68 bits per heavy atom. The summed E-state index contributed by atoms with van der Waals surface area (Å²) in [7, 11) is 0. The van der Waals surface area contributed by atoms with Crippen molar-refractivity contribution in [2.75, 3.05) is 32.7 Å². The molecule has 2 saturated heterocycles. The van der Waals surface area contributed by atoms with Crippen molar-refractivity contribution in [3.05, 3.63) is 60.1 Å². The number of nitrogens with zero attached hydrogens (tertiary/aromatic N) is 3. The average Bonchev–Trinajstić information content (AvgIpc) is 3.42. The molecule has 2 aromatic rings. The summed E-state index contributed by atoms with van der Waals surface area (Å²) in [4.78, 5) is 54.3. The van der Waals surface area contributed by atoms with Gasteiger partial charge in [-0.15, -0.1) is 0 Å². The number of imide groups is 1. The van der Waals surface area contributed by atoms with Crippen molar-refractivity contribution < 1.29 is 23.6 Å². The molecule has 0 bridgehead atoms. The molecular weight excluding hydrogens is 400 g/mol.